The van der Waals surface area contributed by atoms with Gasteiger partial charge in [-0.15, -0.1) is 0 Å². The van der Waals surface area contributed by atoms with Crippen molar-refractivity contribution < 1.29 is 19.1 Å². The van der Waals surface area contributed by atoms with Crippen molar-refractivity contribution in [3.05, 3.63) is 96.2 Å². The summed E-state index contributed by atoms with van der Waals surface area (Å²) in [6, 6.07) is 24.0. The van der Waals surface area contributed by atoms with E-state index in [1.807, 2.05) is 67.7 Å². The molecule has 0 saturated carbocycles. The number of hydrogen-bond donors (Lipinski definition) is 2. The Hall–Kier alpha value is -4.92. The molecule has 1 aromatic heterocycles. The van der Waals surface area contributed by atoms with Crippen molar-refractivity contribution in [2.75, 3.05) is 20.3 Å². The van der Waals surface area contributed by atoms with Crippen LogP contribution >= 0.6 is 0 Å². The van der Waals surface area contributed by atoms with E-state index in [1.165, 1.54) is 6.21 Å². The Labute approximate surface area is 221 Å². The SMILES string of the molecule is CCCOc1ccc(C(=O)NCC(=O)N/N=C/c2cn(-c3ccccc3)nc2-c2ccc(OC)cc2)cc1. The van der Waals surface area contributed by atoms with Gasteiger partial charge in [0, 0.05) is 22.9 Å². The van der Waals surface area contributed by atoms with Crippen LogP contribution in [0.2, 0.25) is 0 Å². The van der Waals surface area contributed by atoms with E-state index in [1.54, 1.807) is 36.1 Å². The number of benzene rings is 3. The Morgan fingerprint density at radius 3 is 2.37 bits per heavy atom. The lowest BCUT2D eigenvalue weighted by atomic mass is 10.1. The van der Waals surface area contributed by atoms with Gasteiger partial charge in [-0.05, 0) is 67.1 Å². The van der Waals surface area contributed by atoms with Crippen LogP contribution in [0.4, 0.5) is 0 Å². The lowest BCUT2D eigenvalue weighted by Crippen LogP contribution is -2.34. The number of ether oxygens (including phenoxy) is 2. The molecule has 2 amide bonds. The molecule has 0 aliphatic carbocycles. The Balaban J connectivity index is 1.40. The van der Waals surface area contributed by atoms with Gasteiger partial charge in [0.2, 0.25) is 0 Å². The number of hydrogen-bond acceptors (Lipinski definition) is 6. The van der Waals surface area contributed by atoms with Crippen LogP contribution < -0.4 is 20.2 Å². The smallest absolute Gasteiger partial charge is 0.259 e. The van der Waals surface area contributed by atoms with Gasteiger partial charge in [-0.1, -0.05) is 25.1 Å². The molecule has 0 bridgehead atoms. The summed E-state index contributed by atoms with van der Waals surface area (Å²) in [5.74, 6) is 0.609. The first-order valence-corrected chi connectivity index (χ1v) is 12.2. The fraction of sp³-hybridized carbons (Fsp3) is 0.172. The molecule has 4 aromatic rings. The van der Waals surface area contributed by atoms with Gasteiger partial charge in [0.15, 0.2) is 0 Å². The second-order valence-corrected chi connectivity index (χ2v) is 8.29. The van der Waals surface area contributed by atoms with E-state index in [0.717, 1.165) is 23.4 Å². The summed E-state index contributed by atoms with van der Waals surface area (Å²) < 4.78 is 12.5. The molecule has 0 spiro atoms. The number of para-hydroxylation sites is 1. The van der Waals surface area contributed by atoms with E-state index in [2.05, 4.69) is 15.8 Å². The number of aromatic nitrogens is 2. The first-order chi connectivity index (χ1) is 18.6. The molecule has 3 aromatic carbocycles. The number of rotatable bonds is 11. The summed E-state index contributed by atoms with van der Waals surface area (Å²) in [5, 5.41) is 11.4. The third-order valence-corrected chi connectivity index (χ3v) is 5.52. The molecule has 0 aliphatic heterocycles. The Morgan fingerprint density at radius 1 is 0.974 bits per heavy atom. The summed E-state index contributed by atoms with van der Waals surface area (Å²) in [7, 11) is 1.61. The van der Waals surface area contributed by atoms with Gasteiger partial charge in [-0.25, -0.2) is 10.1 Å². The molecule has 0 atom stereocenters. The fourth-order valence-corrected chi connectivity index (χ4v) is 3.57. The molecule has 9 nitrogen and oxygen atoms in total. The Morgan fingerprint density at radius 2 is 1.68 bits per heavy atom. The summed E-state index contributed by atoms with van der Waals surface area (Å²) in [5.41, 5.74) is 6.03. The van der Waals surface area contributed by atoms with Gasteiger partial charge in [-0.2, -0.15) is 10.2 Å². The summed E-state index contributed by atoms with van der Waals surface area (Å²) in [6.07, 6.45) is 4.26. The van der Waals surface area contributed by atoms with Crippen molar-refractivity contribution in [2.45, 2.75) is 13.3 Å². The normalized spacial score (nSPS) is 10.8. The van der Waals surface area contributed by atoms with Crippen LogP contribution in [0, 0.1) is 0 Å². The average molecular weight is 512 g/mol. The van der Waals surface area contributed by atoms with Crippen molar-refractivity contribution in [1.82, 2.24) is 20.5 Å². The fourth-order valence-electron chi connectivity index (χ4n) is 3.57. The maximum atomic E-state index is 12.4. The molecule has 2 N–H and O–H groups in total. The zero-order chi connectivity index (χ0) is 26.7. The van der Waals surface area contributed by atoms with Gasteiger partial charge < -0.3 is 14.8 Å². The second-order valence-electron chi connectivity index (χ2n) is 8.29. The average Bonchev–Trinajstić information content (AvgIpc) is 3.39. The summed E-state index contributed by atoms with van der Waals surface area (Å²) in [6.45, 7) is 2.41. The van der Waals surface area contributed by atoms with Crippen LogP contribution in [-0.2, 0) is 4.79 Å². The highest BCUT2D eigenvalue weighted by Gasteiger charge is 2.12. The minimum Gasteiger partial charge on any atom is -0.497 e. The van der Waals surface area contributed by atoms with Crippen LogP contribution in [0.1, 0.15) is 29.3 Å². The molecule has 0 unspecified atom stereocenters. The van der Waals surface area contributed by atoms with Crippen molar-refractivity contribution >= 4 is 18.0 Å². The van der Waals surface area contributed by atoms with Gasteiger partial charge >= 0.3 is 0 Å². The van der Waals surface area contributed by atoms with Crippen LogP contribution in [0.5, 0.6) is 11.5 Å². The van der Waals surface area contributed by atoms with Crippen LogP contribution in [0.25, 0.3) is 16.9 Å². The molecule has 0 fully saturated rings. The number of carbonyl (C=O) groups is 2. The minimum absolute atomic E-state index is 0.223. The summed E-state index contributed by atoms with van der Waals surface area (Å²) in [4.78, 5) is 24.7. The van der Waals surface area contributed by atoms with Crippen molar-refractivity contribution in [2.24, 2.45) is 5.10 Å². The van der Waals surface area contributed by atoms with E-state index in [0.29, 0.717) is 29.2 Å². The van der Waals surface area contributed by atoms with Gasteiger partial charge in [0.05, 0.1) is 32.2 Å². The molecule has 0 saturated heterocycles. The molecule has 0 radical (unpaired) electrons. The highest BCUT2D eigenvalue weighted by atomic mass is 16.5. The first kappa shape index (κ1) is 26.2. The third-order valence-electron chi connectivity index (χ3n) is 5.52. The topological polar surface area (TPSA) is 107 Å². The Bertz CT molecular complexity index is 1380. The largest absolute Gasteiger partial charge is 0.497 e. The molecule has 38 heavy (non-hydrogen) atoms. The standard InChI is InChI=1S/C29H29N5O4/c1-3-17-38-26-15-11-22(12-16-26)29(36)30-19-27(35)32-31-18-23-20-34(24-7-5-4-6-8-24)33-28(23)21-9-13-25(37-2)14-10-21/h4-16,18,20H,3,17,19H2,1-2H3,(H,30,36)(H,32,35)/b31-18+. The van der Waals surface area contributed by atoms with Crippen LogP contribution in [0.3, 0.4) is 0 Å². The zero-order valence-electron chi connectivity index (χ0n) is 21.3. The van der Waals surface area contributed by atoms with Crippen molar-refractivity contribution in [3.8, 4) is 28.4 Å². The highest BCUT2D eigenvalue weighted by Crippen LogP contribution is 2.25. The van der Waals surface area contributed by atoms with E-state index < -0.39 is 5.91 Å². The molecular weight excluding hydrogens is 482 g/mol. The lowest BCUT2D eigenvalue weighted by Gasteiger charge is -2.07. The van der Waals surface area contributed by atoms with E-state index in [9.17, 15) is 9.59 Å². The zero-order valence-corrected chi connectivity index (χ0v) is 21.3. The predicted octanol–water partition coefficient (Wildman–Crippen LogP) is 4.22. The van der Waals surface area contributed by atoms with E-state index in [4.69, 9.17) is 14.6 Å². The quantitative estimate of drug-likeness (QED) is 0.232. The molecule has 9 heteroatoms. The predicted molar refractivity (Wildman–Crippen MR) is 146 cm³/mol. The molecule has 1 heterocycles. The summed E-state index contributed by atoms with van der Waals surface area (Å²) >= 11 is 0. The van der Waals surface area contributed by atoms with Crippen molar-refractivity contribution in [3.63, 3.8) is 0 Å². The first-order valence-electron chi connectivity index (χ1n) is 12.2. The second kappa shape index (κ2) is 12.9. The van der Waals surface area contributed by atoms with E-state index in [-0.39, 0.29) is 12.5 Å². The molecule has 194 valence electrons. The van der Waals surface area contributed by atoms with Crippen LogP contribution in [-0.4, -0.2) is 48.1 Å². The van der Waals surface area contributed by atoms with Gasteiger partial charge in [-0.3, -0.25) is 9.59 Å². The Kier molecular flexibility index (Phi) is 8.85. The molecular formula is C29H29N5O4. The highest BCUT2D eigenvalue weighted by molar-refractivity contribution is 5.96. The number of nitrogens with zero attached hydrogens (tertiary/aromatic N) is 3. The maximum absolute atomic E-state index is 12.4. The third kappa shape index (κ3) is 6.85. The maximum Gasteiger partial charge on any atom is 0.259 e. The van der Waals surface area contributed by atoms with Crippen molar-refractivity contribution in [1.29, 1.82) is 0 Å². The lowest BCUT2D eigenvalue weighted by molar-refractivity contribution is -0.120. The van der Waals surface area contributed by atoms with E-state index >= 15 is 0 Å². The molecule has 0 aliphatic rings. The number of nitrogens with one attached hydrogen (secondary N) is 2. The monoisotopic (exact) mass is 511 g/mol. The number of amides is 2. The number of methoxy groups -OCH3 is 1. The minimum atomic E-state index is -0.459. The van der Waals surface area contributed by atoms with Crippen LogP contribution in [0.15, 0.2) is 90.2 Å². The number of carbonyl (C=O) groups excluding carboxylic acids is 2. The van der Waals surface area contributed by atoms with Gasteiger partial charge in [0.1, 0.15) is 17.2 Å². The van der Waals surface area contributed by atoms with Gasteiger partial charge in [0.25, 0.3) is 11.8 Å². The number of hydrazone groups is 1. The molecule has 4 rings (SSSR count).